The molecule has 3 rings (SSSR count). The second-order valence-electron chi connectivity index (χ2n) is 5.95. The first-order valence-corrected chi connectivity index (χ1v) is 8.35. The van der Waals surface area contributed by atoms with Gasteiger partial charge >= 0.3 is 0 Å². The van der Waals surface area contributed by atoms with Crippen LogP contribution in [0.5, 0.6) is 5.88 Å². The number of hydrogen-bond donors (Lipinski definition) is 1. The lowest BCUT2D eigenvalue weighted by Gasteiger charge is -2.23. The molecule has 23 heavy (non-hydrogen) atoms. The lowest BCUT2D eigenvalue weighted by atomic mass is 10.1. The van der Waals surface area contributed by atoms with Crippen LogP contribution in [-0.4, -0.2) is 29.5 Å². The third kappa shape index (κ3) is 4.56. The molecule has 1 saturated heterocycles. The van der Waals surface area contributed by atoms with E-state index in [0.717, 1.165) is 49.7 Å². The van der Waals surface area contributed by atoms with Crippen molar-refractivity contribution in [1.29, 1.82) is 0 Å². The highest BCUT2D eigenvalue weighted by Gasteiger charge is 2.18. The molecule has 0 spiro atoms. The van der Waals surface area contributed by atoms with Gasteiger partial charge in [-0.1, -0.05) is 30.3 Å². The van der Waals surface area contributed by atoms with Crippen LogP contribution in [0.25, 0.3) is 0 Å². The average Bonchev–Trinajstić information content (AvgIpc) is 2.97. The molecule has 1 fully saturated rings. The van der Waals surface area contributed by atoms with Crippen molar-refractivity contribution in [1.82, 2.24) is 15.1 Å². The Balaban J connectivity index is 1.68. The van der Waals surface area contributed by atoms with Crippen LogP contribution in [0.4, 0.5) is 0 Å². The van der Waals surface area contributed by atoms with Gasteiger partial charge in [-0.3, -0.25) is 0 Å². The van der Waals surface area contributed by atoms with Crippen LogP contribution in [0.3, 0.4) is 0 Å². The number of benzene rings is 1. The van der Waals surface area contributed by atoms with Crippen LogP contribution >= 0.6 is 0 Å². The summed E-state index contributed by atoms with van der Waals surface area (Å²) in [5.41, 5.74) is 2.15. The molecule has 5 nitrogen and oxygen atoms in total. The normalized spacial score (nSPS) is 18.0. The summed E-state index contributed by atoms with van der Waals surface area (Å²) < 4.78 is 13.8. The van der Waals surface area contributed by atoms with E-state index in [-0.39, 0.29) is 6.10 Å². The summed E-state index contributed by atoms with van der Waals surface area (Å²) in [7, 11) is 1.92. The Hall–Kier alpha value is -1.85. The molecule has 1 aromatic heterocycles. The third-order valence-corrected chi connectivity index (χ3v) is 4.03. The van der Waals surface area contributed by atoms with E-state index in [4.69, 9.17) is 9.47 Å². The van der Waals surface area contributed by atoms with Gasteiger partial charge in [0.05, 0.1) is 18.3 Å². The van der Waals surface area contributed by atoms with Crippen molar-refractivity contribution < 1.29 is 9.47 Å². The van der Waals surface area contributed by atoms with Crippen LogP contribution in [0, 0.1) is 0 Å². The zero-order chi connectivity index (χ0) is 15.9. The van der Waals surface area contributed by atoms with Crippen LogP contribution in [-0.2, 0) is 24.4 Å². The van der Waals surface area contributed by atoms with Crippen molar-refractivity contribution in [3.05, 3.63) is 47.7 Å². The van der Waals surface area contributed by atoms with Crippen LogP contribution in [0.1, 0.15) is 30.5 Å². The van der Waals surface area contributed by atoms with E-state index in [1.807, 2.05) is 36.0 Å². The van der Waals surface area contributed by atoms with Crippen LogP contribution < -0.4 is 10.1 Å². The maximum absolute atomic E-state index is 6.01. The first-order chi connectivity index (χ1) is 11.3. The second-order valence-corrected chi connectivity index (χ2v) is 5.95. The lowest BCUT2D eigenvalue weighted by Crippen LogP contribution is -2.25. The monoisotopic (exact) mass is 315 g/mol. The fourth-order valence-electron chi connectivity index (χ4n) is 2.84. The largest absolute Gasteiger partial charge is 0.473 e. The summed E-state index contributed by atoms with van der Waals surface area (Å²) in [4.78, 5) is 0. The number of rotatable bonds is 7. The topological polar surface area (TPSA) is 48.3 Å². The molecule has 1 atom stereocenters. The minimum absolute atomic E-state index is 0.241. The van der Waals surface area contributed by atoms with E-state index >= 15 is 0 Å². The molecule has 0 bridgehead atoms. The molecule has 0 aliphatic carbocycles. The molecule has 1 unspecified atom stereocenters. The Bertz CT molecular complexity index is 592. The molecule has 0 saturated carbocycles. The zero-order valence-electron chi connectivity index (χ0n) is 13.7. The molecule has 0 radical (unpaired) electrons. The van der Waals surface area contributed by atoms with Crippen LogP contribution in [0.15, 0.2) is 36.4 Å². The summed E-state index contributed by atoms with van der Waals surface area (Å²) in [5, 5.41) is 7.79. The fraction of sp³-hybridized carbons (Fsp3) is 0.500. The smallest absolute Gasteiger partial charge is 0.212 e. The van der Waals surface area contributed by atoms with E-state index in [0.29, 0.717) is 6.61 Å². The summed E-state index contributed by atoms with van der Waals surface area (Å²) >= 11 is 0. The Morgan fingerprint density at radius 1 is 1.30 bits per heavy atom. The molecule has 2 heterocycles. The van der Waals surface area contributed by atoms with Gasteiger partial charge in [-0.2, -0.15) is 5.10 Å². The van der Waals surface area contributed by atoms with Gasteiger partial charge in [-0.05, 0) is 31.9 Å². The van der Waals surface area contributed by atoms with E-state index < -0.39 is 0 Å². The fourth-order valence-corrected chi connectivity index (χ4v) is 2.84. The second kappa shape index (κ2) is 8.13. The summed E-state index contributed by atoms with van der Waals surface area (Å²) in [5.74, 6) is 0.813. The van der Waals surface area contributed by atoms with Crippen molar-refractivity contribution in [3.63, 3.8) is 0 Å². The molecule has 0 amide bonds. The SMILES string of the molecule is CNCc1cc(OCc2ccccc2)n(CC2CCCCO2)n1. The van der Waals surface area contributed by atoms with Gasteiger partial charge in [-0.15, -0.1) is 0 Å². The van der Waals surface area contributed by atoms with Crippen molar-refractivity contribution in [3.8, 4) is 5.88 Å². The van der Waals surface area contributed by atoms with E-state index in [2.05, 4.69) is 22.5 Å². The number of nitrogens with zero attached hydrogens (tertiary/aromatic N) is 2. The Morgan fingerprint density at radius 2 is 2.17 bits per heavy atom. The summed E-state index contributed by atoms with van der Waals surface area (Å²) in [6, 6.07) is 12.2. The van der Waals surface area contributed by atoms with Gasteiger partial charge < -0.3 is 14.8 Å². The zero-order valence-corrected chi connectivity index (χ0v) is 13.7. The van der Waals surface area contributed by atoms with Crippen molar-refractivity contribution in [2.75, 3.05) is 13.7 Å². The molecule has 5 heteroatoms. The standard InChI is InChI=1S/C18H25N3O2/c1-19-12-16-11-18(23-14-15-7-3-2-4-8-15)21(20-16)13-17-9-5-6-10-22-17/h2-4,7-8,11,17,19H,5-6,9-10,12-14H2,1H3. The highest BCUT2D eigenvalue weighted by Crippen LogP contribution is 2.20. The summed E-state index contributed by atoms with van der Waals surface area (Å²) in [6.07, 6.45) is 3.73. The van der Waals surface area contributed by atoms with Gasteiger partial charge in [-0.25, -0.2) is 4.68 Å². The molecule has 1 aliphatic rings. The quantitative estimate of drug-likeness (QED) is 0.853. The first-order valence-electron chi connectivity index (χ1n) is 8.35. The number of ether oxygens (including phenoxy) is 2. The summed E-state index contributed by atoms with van der Waals surface area (Å²) in [6.45, 7) is 2.90. The molecule has 1 N–H and O–H groups in total. The highest BCUT2D eigenvalue weighted by molar-refractivity contribution is 5.19. The van der Waals surface area contributed by atoms with Gasteiger partial charge in [0.15, 0.2) is 0 Å². The van der Waals surface area contributed by atoms with Crippen molar-refractivity contribution >= 4 is 0 Å². The average molecular weight is 315 g/mol. The molecule has 1 aromatic carbocycles. The minimum Gasteiger partial charge on any atom is -0.473 e. The first kappa shape index (κ1) is 16.0. The van der Waals surface area contributed by atoms with E-state index in [9.17, 15) is 0 Å². The molecule has 1 aliphatic heterocycles. The number of nitrogens with one attached hydrogen (secondary N) is 1. The van der Waals surface area contributed by atoms with Crippen molar-refractivity contribution in [2.45, 2.75) is 45.1 Å². The maximum atomic E-state index is 6.01. The number of hydrogen-bond acceptors (Lipinski definition) is 4. The van der Waals surface area contributed by atoms with Crippen molar-refractivity contribution in [2.24, 2.45) is 0 Å². The highest BCUT2D eigenvalue weighted by atomic mass is 16.5. The lowest BCUT2D eigenvalue weighted by molar-refractivity contribution is 0.00230. The Labute approximate surface area is 137 Å². The predicted molar refractivity (Wildman–Crippen MR) is 89.4 cm³/mol. The third-order valence-electron chi connectivity index (χ3n) is 4.03. The predicted octanol–water partition coefficient (Wildman–Crippen LogP) is 2.75. The Morgan fingerprint density at radius 3 is 2.91 bits per heavy atom. The molecule has 2 aromatic rings. The number of aromatic nitrogens is 2. The van der Waals surface area contributed by atoms with Gasteiger partial charge in [0.2, 0.25) is 5.88 Å². The van der Waals surface area contributed by atoms with Gasteiger partial charge in [0, 0.05) is 19.2 Å². The Kier molecular flexibility index (Phi) is 5.66. The van der Waals surface area contributed by atoms with E-state index in [1.54, 1.807) is 0 Å². The van der Waals surface area contributed by atoms with Gasteiger partial charge in [0.1, 0.15) is 6.61 Å². The molecule has 124 valence electrons. The molecular weight excluding hydrogens is 290 g/mol. The van der Waals surface area contributed by atoms with Gasteiger partial charge in [0.25, 0.3) is 0 Å². The van der Waals surface area contributed by atoms with Crippen LogP contribution in [0.2, 0.25) is 0 Å². The van der Waals surface area contributed by atoms with E-state index in [1.165, 1.54) is 6.42 Å². The maximum Gasteiger partial charge on any atom is 0.212 e. The minimum atomic E-state index is 0.241. The molecular formula is C18H25N3O2.